The van der Waals surface area contributed by atoms with Gasteiger partial charge in [0, 0.05) is 45.0 Å². The van der Waals surface area contributed by atoms with Crippen molar-refractivity contribution in [2.45, 2.75) is 25.6 Å². The summed E-state index contributed by atoms with van der Waals surface area (Å²) in [5, 5.41) is 9.68. The van der Waals surface area contributed by atoms with Crippen molar-refractivity contribution in [3.05, 3.63) is 53.6 Å². The maximum absolute atomic E-state index is 13.1. The van der Waals surface area contributed by atoms with Crippen molar-refractivity contribution >= 4 is 11.8 Å². The van der Waals surface area contributed by atoms with Crippen LogP contribution in [0.2, 0.25) is 0 Å². The fraction of sp³-hybridized carbons (Fsp3) is 0.389. The zero-order valence-electron chi connectivity index (χ0n) is 14.6. The van der Waals surface area contributed by atoms with E-state index < -0.39 is 6.04 Å². The fourth-order valence-corrected chi connectivity index (χ4v) is 3.01. The highest BCUT2D eigenvalue weighted by molar-refractivity contribution is 5.88. The van der Waals surface area contributed by atoms with E-state index in [-0.39, 0.29) is 24.1 Å². The Kier molecular flexibility index (Phi) is 5.62. The number of rotatable bonds is 6. The van der Waals surface area contributed by atoms with E-state index >= 15 is 0 Å². The van der Waals surface area contributed by atoms with Crippen LogP contribution in [-0.4, -0.2) is 45.6 Å². The van der Waals surface area contributed by atoms with Crippen molar-refractivity contribution in [3.63, 3.8) is 0 Å². The number of nitrogens with zero attached hydrogens (tertiary/aromatic N) is 3. The Morgan fingerprint density at radius 3 is 2.81 bits per heavy atom. The van der Waals surface area contributed by atoms with Gasteiger partial charge in [-0.05, 0) is 17.7 Å². The third kappa shape index (κ3) is 4.66. The Labute approximate surface area is 151 Å². The van der Waals surface area contributed by atoms with Gasteiger partial charge in [-0.1, -0.05) is 12.1 Å². The van der Waals surface area contributed by atoms with E-state index in [9.17, 15) is 14.0 Å². The lowest BCUT2D eigenvalue weighted by Crippen LogP contribution is -2.56. The molecule has 1 aromatic heterocycles. The van der Waals surface area contributed by atoms with Gasteiger partial charge in [0.2, 0.25) is 11.8 Å². The number of aromatic nitrogens is 2. The van der Waals surface area contributed by atoms with Gasteiger partial charge in [-0.25, -0.2) is 4.39 Å². The summed E-state index contributed by atoms with van der Waals surface area (Å²) in [6.07, 6.45) is 3.59. The molecule has 138 valence electrons. The zero-order chi connectivity index (χ0) is 18.5. The lowest BCUT2D eigenvalue weighted by Gasteiger charge is -2.34. The largest absolute Gasteiger partial charge is 0.353 e. The van der Waals surface area contributed by atoms with E-state index in [2.05, 4.69) is 15.7 Å². The SMILES string of the molecule is Cn1cc(CNC(=O)CC2C(=O)NCCN2Cc2ccc(F)cc2)cn1. The van der Waals surface area contributed by atoms with Crippen LogP contribution in [0.4, 0.5) is 4.39 Å². The van der Waals surface area contributed by atoms with Crippen LogP contribution in [0.25, 0.3) is 0 Å². The molecule has 1 unspecified atom stereocenters. The molecule has 1 saturated heterocycles. The van der Waals surface area contributed by atoms with Crippen LogP contribution >= 0.6 is 0 Å². The van der Waals surface area contributed by atoms with Crippen LogP contribution in [0.5, 0.6) is 0 Å². The Morgan fingerprint density at radius 2 is 2.12 bits per heavy atom. The van der Waals surface area contributed by atoms with Gasteiger partial charge >= 0.3 is 0 Å². The van der Waals surface area contributed by atoms with Gasteiger partial charge in [0.05, 0.1) is 18.7 Å². The van der Waals surface area contributed by atoms with Crippen molar-refractivity contribution in [1.29, 1.82) is 0 Å². The number of carbonyl (C=O) groups excluding carboxylic acids is 2. The summed E-state index contributed by atoms with van der Waals surface area (Å²) in [5.41, 5.74) is 1.80. The molecule has 1 aliphatic heterocycles. The second kappa shape index (κ2) is 8.09. The minimum absolute atomic E-state index is 0.0767. The van der Waals surface area contributed by atoms with Crippen LogP contribution in [0, 0.1) is 5.82 Å². The Balaban J connectivity index is 1.59. The van der Waals surface area contributed by atoms with Crippen molar-refractivity contribution < 1.29 is 14.0 Å². The molecule has 8 heteroatoms. The average molecular weight is 359 g/mol. The molecule has 0 aliphatic carbocycles. The summed E-state index contributed by atoms with van der Waals surface area (Å²) in [6.45, 7) is 2.05. The van der Waals surface area contributed by atoms with Crippen LogP contribution < -0.4 is 10.6 Å². The molecule has 7 nitrogen and oxygen atoms in total. The highest BCUT2D eigenvalue weighted by atomic mass is 19.1. The molecule has 2 aromatic rings. The molecule has 0 saturated carbocycles. The molecular formula is C18H22FN5O2. The lowest BCUT2D eigenvalue weighted by molar-refractivity contribution is -0.134. The number of hydrogen-bond acceptors (Lipinski definition) is 4. The van der Waals surface area contributed by atoms with Gasteiger partial charge in [0.1, 0.15) is 5.82 Å². The molecule has 2 N–H and O–H groups in total. The normalized spacial score (nSPS) is 17.8. The highest BCUT2D eigenvalue weighted by Gasteiger charge is 2.31. The lowest BCUT2D eigenvalue weighted by atomic mass is 10.1. The maximum atomic E-state index is 13.1. The Hall–Kier alpha value is -2.74. The number of hydrogen-bond donors (Lipinski definition) is 2. The molecule has 1 aliphatic rings. The number of piperazine rings is 1. The number of benzene rings is 1. The number of amides is 2. The standard InChI is InChI=1S/C18H22FN5O2/c1-23-11-14(10-22-23)9-21-17(25)8-16-18(26)20-6-7-24(16)12-13-2-4-15(19)5-3-13/h2-5,10-11,16H,6-9,12H2,1H3,(H,20,26)(H,21,25). The van der Waals surface area contributed by atoms with E-state index in [0.717, 1.165) is 11.1 Å². The second-order valence-electron chi connectivity index (χ2n) is 6.41. The van der Waals surface area contributed by atoms with E-state index in [1.807, 2.05) is 18.1 Å². The first-order valence-electron chi connectivity index (χ1n) is 8.51. The summed E-state index contributed by atoms with van der Waals surface area (Å²) in [7, 11) is 1.81. The number of nitrogens with one attached hydrogen (secondary N) is 2. The van der Waals surface area contributed by atoms with Crippen molar-refractivity contribution in [2.75, 3.05) is 13.1 Å². The topological polar surface area (TPSA) is 79.3 Å². The molecule has 0 radical (unpaired) electrons. The molecular weight excluding hydrogens is 337 g/mol. The Bertz CT molecular complexity index is 774. The average Bonchev–Trinajstić information content (AvgIpc) is 3.03. The predicted molar refractivity (Wildman–Crippen MR) is 93.3 cm³/mol. The fourth-order valence-electron chi connectivity index (χ4n) is 3.01. The molecule has 1 fully saturated rings. The molecule has 3 rings (SSSR count). The van der Waals surface area contributed by atoms with Gasteiger partial charge in [-0.3, -0.25) is 19.2 Å². The van der Waals surface area contributed by atoms with Crippen molar-refractivity contribution in [3.8, 4) is 0 Å². The van der Waals surface area contributed by atoms with Crippen LogP contribution in [0.15, 0.2) is 36.7 Å². The third-order valence-corrected chi connectivity index (χ3v) is 4.37. The van der Waals surface area contributed by atoms with Gasteiger partial charge in [-0.15, -0.1) is 0 Å². The molecule has 1 atom stereocenters. The van der Waals surface area contributed by atoms with Crippen molar-refractivity contribution in [2.24, 2.45) is 7.05 Å². The molecule has 26 heavy (non-hydrogen) atoms. The van der Waals surface area contributed by atoms with E-state index in [1.54, 1.807) is 23.0 Å². The van der Waals surface area contributed by atoms with E-state index in [0.29, 0.717) is 26.2 Å². The summed E-state index contributed by atoms with van der Waals surface area (Å²) in [4.78, 5) is 26.5. The van der Waals surface area contributed by atoms with Crippen LogP contribution in [-0.2, 0) is 29.7 Å². The molecule has 0 bridgehead atoms. The first-order chi connectivity index (χ1) is 12.5. The second-order valence-corrected chi connectivity index (χ2v) is 6.41. The van der Waals surface area contributed by atoms with E-state index in [1.165, 1.54) is 12.1 Å². The monoisotopic (exact) mass is 359 g/mol. The van der Waals surface area contributed by atoms with E-state index in [4.69, 9.17) is 0 Å². The van der Waals surface area contributed by atoms with Gasteiger partial charge in [0.25, 0.3) is 0 Å². The molecule has 1 aromatic carbocycles. The quantitative estimate of drug-likeness (QED) is 0.790. The summed E-state index contributed by atoms with van der Waals surface area (Å²) in [6, 6.07) is 5.65. The summed E-state index contributed by atoms with van der Waals surface area (Å²) >= 11 is 0. The van der Waals surface area contributed by atoms with Gasteiger partial charge < -0.3 is 10.6 Å². The Morgan fingerprint density at radius 1 is 1.35 bits per heavy atom. The molecule has 2 amide bonds. The summed E-state index contributed by atoms with van der Waals surface area (Å²) in [5.74, 6) is -0.647. The number of aryl methyl sites for hydroxylation is 1. The molecule has 0 spiro atoms. The van der Waals surface area contributed by atoms with Gasteiger partial charge in [-0.2, -0.15) is 5.10 Å². The predicted octanol–water partition coefficient (Wildman–Crippen LogP) is 0.566. The first kappa shape index (κ1) is 18.1. The summed E-state index contributed by atoms with van der Waals surface area (Å²) < 4.78 is 14.7. The first-order valence-corrected chi connectivity index (χ1v) is 8.51. The zero-order valence-corrected chi connectivity index (χ0v) is 14.6. The van der Waals surface area contributed by atoms with Crippen molar-refractivity contribution in [1.82, 2.24) is 25.3 Å². The van der Waals surface area contributed by atoms with Gasteiger partial charge in [0.15, 0.2) is 0 Å². The third-order valence-electron chi connectivity index (χ3n) is 4.37. The number of carbonyl (C=O) groups is 2. The minimum atomic E-state index is -0.539. The highest BCUT2D eigenvalue weighted by Crippen LogP contribution is 2.14. The molecule has 2 heterocycles. The minimum Gasteiger partial charge on any atom is -0.353 e. The number of halogens is 1. The van der Waals surface area contributed by atoms with Crippen LogP contribution in [0.1, 0.15) is 17.5 Å². The maximum Gasteiger partial charge on any atom is 0.237 e. The van der Waals surface area contributed by atoms with Crippen LogP contribution in [0.3, 0.4) is 0 Å². The smallest absolute Gasteiger partial charge is 0.237 e.